The Labute approximate surface area is 146 Å². The molecule has 1 aliphatic rings. The first-order chi connectivity index (χ1) is 11.7. The van der Waals surface area contributed by atoms with Crippen LogP contribution in [0.4, 0.5) is 4.79 Å². The molecular formula is C17H21ClN4O2. The second kappa shape index (κ2) is 8.17. The third kappa shape index (κ3) is 4.27. The SMILES string of the molecule is O=C(Nn1ccnc1)N1CCCC[C@@H]1COCc1ccccc1Cl. The van der Waals surface area contributed by atoms with Crippen molar-refractivity contribution in [3.8, 4) is 0 Å². The van der Waals surface area contributed by atoms with Gasteiger partial charge in [-0.3, -0.25) is 0 Å². The molecule has 0 radical (unpaired) electrons. The molecule has 1 saturated heterocycles. The van der Waals surface area contributed by atoms with Crippen LogP contribution in [-0.2, 0) is 11.3 Å². The average molecular weight is 349 g/mol. The molecule has 0 bridgehead atoms. The minimum atomic E-state index is -0.126. The lowest BCUT2D eigenvalue weighted by Gasteiger charge is -2.35. The Morgan fingerprint density at radius 1 is 1.38 bits per heavy atom. The number of hydrogen-bond acceptors (Lipinski definition) is 3. The summed E-state index contributed by atoms with van der Waals surface area (Å²) in [6.07, 6.45) is 7.95. The van der Waals surface area contributed by atoms with Gasteiger partial charge < -0.3 is 9.64 Å². The van der Waals surface area contributed by atoms with Crippen LogP contribution in [0.15, 0.2) is 43.0 Å². The van der Waals surface area contributed by atoms with E-state index in [9.17, 15) is 4.79 Å². The van der Waals surface area contributed by atoms with Crippen molar-refractivity contribution >= 4 is 17.6 Å². The summed E-state index contributed by atoms with van der Waals surface area (Å²) in [6.45, 7) is 1.69. The van der Waals surface area contributed by atoms with Gasteiger partial charge in [0.1, 0.15) is 6.33 Å². The molecule has 1 atom stereocenters. The normalized spacial score (nSPS) is 17.7. The predicted octanol–water partition coefficient (Wildman–Crippen LogP) is 3.27. The number of rotatable bonds is 5. The van der Waals surface area contributed by atoms with Gasteiger partial charge in [-0.25, -0.2) is 19.9 Å². The molecule has 0 aliphatic carbocycles. The number of carbonyl (C=O) groups is 1. The van der Waals surface area contributed by atoms with Crippen LogP contribution in [0.5, 0.6) is 0 Å². The van der Waals surface area contributed by atoms with E-state index in [2.05, 4.69) is 10.4 Å². The molecule has 1 aliphatic heterocycles. The highest BCUT2D eigenvalue weighted by Gasteiger charge is 2.27. The van der Waals surface area contributed by atoms with E-state index in [-0.39, 0.29) is 12.1 Å². The first-order valence-electron chi connectivity index (χ1n) is 8.11. The number of piperidine rings is 1. The Morgan fingerprint density at radius 3 is 3.04 bits per heavy atom. The standard InChI is InChI=1S/C17H21ClN4O2/c18-16-7-2-1-5-14(16)11-24-12-15-6-3-4-9-22(15)17(23)20-21-10-8-19-13-21/h1-2,5,7-8,10,13,15H,3-4,6,9,11-12H2,(H,20,23)/t15-/m1/s1. The first kappa shape index (κ1) is 16.8. The summed E-state index contributed by atoms with van der Waals surface area (Å²) >= 11 is 6.14. The van der Waals surface area contributed by atoms with Crippen LogP contribution in [-0.4, -0.2) is 39.8 Å². The van der Waals surface area contributed by atoms with Gasteiger partial charge in [0.15, 0.2) is 0 Å². The summed E-state index contributed by atoms with van der Waals surface area (Å²) in [5.74, 6) is 0. The van der Waals surface area contributed by atoms with Crippen molar-refractivity contribution in [2.45, 2.75) is 31.9 Å². The van der Waals surface area contributed by atoms with E-state index in [0.717, 1.165) is 31.4 Å². The lowest BCUT2D eigenvalue weighted by Crippen LogP contribution is -2.49. The number of carbonyl (C=O) groups excluding carboxylic acids is 1. The van der Waals surface area contributed by atoms with Crippen LogP contribution in [0.3, 0.4) is 0 Å². The highest BCUT2D eigenvalue weighted by atomic mass is 35.5. The number of halogens is 1. The molecule has 0 spiro atoms. The fourth-order valence-electron chi connectivity index (χ4n) is 2.86. The van der Waals surface area contributed by atoms with E-state index < -0.39 is 0 Å². The zero-order chi connectivity index (χ0) is 16.8. The van der Waals surface area contributed by atoms with Crippen LogP contribution >= 0.6 is 11.6 Å². The molecular weight excluding hydrogens is 328 g/mol. The average Bonchev–Trinajstić information content (AvgIpc) is 3.10. The quantitative estimate of drug-likeness (QED) is 0.902. The largest absolute Gasteiger partial charge is 0.375 e. The summed E-state index contributed by atoms with van der Waals surface area (Å²) < 4.78 is 7.38. The van der Waals surface area contributed by atoms with E-state index in [1.165, 1.54) is 0 Å². The molecule has 0 saturated carbocycles. The van der Waals surface area contributed by atoms with Crippen LogP contribution in [0.1, 0.15) is 24.8 Å². The third-order valence-electron chi connectivity index (χ3n) is 4.14. The molecule has 2 amide bonds. The number of benzene rings is 1. The van der Waals surface area contributed by atoms with Crippen molar-refractivity contribution in [1.29, 1.82) is 0 Å². The van der Waals surface area contributed by atoms with E-state index >= 15 is 0 Å². The fourth-order valence-corrected chi connectivity index (χ4v) is 3.05. The van der Waals surface area contributed by atoms with Gasteiger partial charge >= 0.3 is 6.03 Å². The second-order valence-corrected chi connectivity index (χ2v) is 6.24. The first-order valence-corrected chi connectivity index (χ1v) is 8.48. The molecule has 6 nitrogen and oxygen atoms in total. The van der Waals surface area contributed by atoms with E-state index in [1.54, 1.807) is 23.4 Å². The van der Waals surface area contributed by atoms with Gasteiger partial charge in [-0.2, -0.15) is 0 Å². The van der Waals surface area contributed by atoms with Crippen molar-refractivity contribution in [3.63, 3.8) is 0 Å². The maximum atomic E-state index is 12.5. The molecule has 3 rings (SSSR count). The summed E-state index contributed by atoms with van der Waals surface area (Å²) in [4.78, 5) is 18.2. The Morgan fingerprint density at radius 2 is 2.25 bits per heavy atom. The lowest BCUT2D eigenvalue weighted by molar-refractivity contribution is 0.0499. The van der Waals surface area contributed by atoms with E-state index in [0.29, 0.717) is 18.2 Å². The summed E-state index contributed by atoms with van der Waals surface area (Å²) in [5, 5.41) is 0.704. The molecule has 1 N–H and O–H groups in total. The second-order valence-electron chi connectivity index (χ2n) is 5.84. The highest BCUT2D eigenvalue weighted by molar-refractivity contribution is 6.31. The topological polar surface area (TPSA) is 59.4 Å². The van der Waals surface area contributed by atoms with Gasteiger partial charge in [-0.1, -0.05) is 29.8 Å². The monoisotopic (exact) mass is 348 g/mol. The fraction of sp³-hybridized carbons (Fsp3) is 0.412. The van der Waals surface area contributed by atoms with E-state index in [1.807, 2.05) is 29.2 Å². The van der Waals surface area contributed by atoms with Crippen LogP contribution in [0.2, 0.25) is 5.02 Å². The minimum absolute atomic E-state index is 0.0739. The maximum Gasteiger partial charge on any atom is 0.336 e. The Bertz CT molecular complexity index is 662. The molecule has 1 aromatic heterocycles. The molecule has 24 heavy (non-hydrogen) atoms. The van der Waals surface area contributed by atoms with E-state index in [4.69, 9.17) is 16.3 Å². The van der Waals surface area contributed by atoms with Crippen molar-refractivity contribution in [1.82, 2.24) is 14.6 Å². The zero-order valence-corrected chi connectivity index (χ0v) is 14.2. The van der Waals surface area contributed by atoms with Crippen LogP contribution in [0, 0.1) is 0 Å². The molecule has 128 valence electrons. The smallest absolute Gasteiger partial charge is 0.336 e. The predicted molar refractivity (Wildman–Crippen MR) is 92.4 cm³/mol. The van der Waals surface area contributed by atoms with Crippen LogP contribution < -0.4 is 5.43 Å². The van der Waals surface area contributed by atoms with Gasteiger partial charge in [0.25, 0.3) is 0 Å². The van der Waals surface area contributed by atoms with Crippen molar-refractivity contribution in [2.75, 3.05) is 18.6 Å². The molecule has 0 unspecified atom stereocenters. The number of imidazole rings is 1. The summed E-state index contributed by atoms with van der Waals surface area (Å²) in [5.41, 5.74) is 3.77. The van der Waals surface area contributed by atoms with Gasteiger partial charge in [-0.15, -0.1) is 0 Å². The highest BCUT2D eigenvalue weighted by Crippen LogP contribution is 2.20. The number of nitrogens with one attached hydrogen (secondary N) is 1. The Kier molecular flexibility index (Phi) is 5.72. The summed E-state index contributed by atoms with van der Waals surface area (Å²) in [6, 6.07) is 7.59. The molecule has 2 aromatic rings. The lowest BCUT2D eigenvalue weighted by atomic mass is 10.0. The molecule has 2 heterocycles. The third-order valence-corrected chi connectivity index (χ3v) is 4.51. The Hall–Kier alpha value is -2.05. The number of nitrogens with zero attached hydrogens (tertiary/aromatic N) is 3. The van der Waals surface area contributed by atoms with Gasteiger partial charge in [-0.05, 0) is 30.9 Å². The number of likely N-dealkylation sites (tertiary alicyclic amines) is 1. The number of amides is 2. The Balaban J connectivity index is 1.54. The molecule has 7 heteroatoms. The number of aromatic nitrogens is 2. The van der Waals surface area contributed by atoms with Crippen molar-refractivity contribution in [3.05, 3.63) is 53.6 Å². The number of hydrogen-bond donors (Lipinski definition) is 1. The van der Waals surface area contributed by atoms with Crippen LogP contribution in [0.25, 0.3) is 0 Å². The van der Waals surface area contributed by atoms with Gasteiger partial charge in [0, 0.05) is 24.0 Å². The summed E-state index contributed by atoms with van der Waals surface area (Å²) in [7, 11) is 0. The zero-order valence-electron chi connectivity index (χ0n) is 13.4. The molecule has 1 fully saturated rings. The van der Waals surface area contributed by atoms with Crippen molar-refractivity contribution < 1.29 is 9.53 Å². The van der Waals surface area contributed by atoms with Crippen molar-refractivity contribution in [2.24, 2.45) is 0 Å². The number of urea groups is 1. The molecule has 1 aromatic carbocycles. The van der Waals surface area contributed by atoms with Gasteiger partial charge in [0.2, 0.25) is 0 Å². The maximum absolute atomic E-state index is 12.5. The minimum Gasteiger partial charge on any atom is -0.375 e. The van der Waals surface area contributed by atoms with Gasteiger partial charge in [0.05, 0.1) is 19.3 Å². The number of ether oxygens (including phenoxy) is 1.